The maximum Gasteiger partial charge on any atom is 0.119 e. The lowest BCUT2D eigenvalue weighted by Gasteiger charge is -2.30. The van der Waals surface area contributed by atoms with Crippen molar-refractivity contribution in [3.63, 3.8) is 0 Å². The highest BCUT2D eigenvalue weighted by molar-refractivity contribution is 7.78. The minimum atomic E-state index is 0.208. The van der Waals surface area contributed by atoms with Crippen LogP contribution in [0.2, 0.25) is 0 Å². The summed E-state index contributed by atoms with van der Waals surface area (Å²) >= 11 is 4.79. The van der Waals surface area contributed by atoms with Crippen LogP contribution in [0.1, 0.15) is 25.7 Å². The van der Waals surface area contributed by atoms with Crippen LogP contribution in [0.4, 0.5) is 5.69 Å². The fourth-order valence-electron chi connectivity index (χ4n) is 3.08. The number of hydrogen-bond donors (Lipinski definition) is 1. The van der Waals surface area contributed by atoms with Crippen LogP contribution in [0.25, 0.3) is 10.9 Å². The van der Waals surface area contributed by atoms with Crippen LogP contribution in [-0.2, 0) is 0 Å². The number of methoxy groups -OCH3 is 1. The molecule has 0 spiro atoms. The summed E-state index contributed by atoms with van der Waals surface area (Å²) in [6.45, 7) is 0. The third-order valence-electron chi connectivity index (χ3n) is 4.24. The summed E-state index contributed by atoms with van der Waals surface area (Å²) in [5, 5.41) is 7.25. The van der Waals surface area contributed by atoms with Gasteiger partial charge in [-0.15, -0.1) is 0 Å². The first kappa shape index (κ1) is 14.9. The van der Waals surface area contributed by atoms with Crippen molar-refractivity contribution in [3.8, 4) is 5.75 Å². The second-order valence-electron chi connectivity index (χ2n) is 5.56. The number of thiocarbonyl (C=S) groups is 1. The fraction of sp³-hybridized carbons (Fsp3) is 0.412. The third-order valence-corrected chi connectivity index (χ3v) is 4.34. The number of rotatable bonds is 4. The van der Waals surface area contributed by atoms with Gasteiger partial charge >= 0.3 is 0 Å². The first-order valence-electron chi connectivity index (χ1n) is 7.58. The molecule has 2 atom stereocenters. The number of aliphatic imine (C=N–C) groups is 1. The van der Waals surface area contributed by atoms with E-state index in [-0.39, 0.29) is 6.04 Å². The molecule has 1 aromatic carbocycles. The topological polar surface area (TPSA) is 46.5 Å². The lowest BCUT2D eigenvalue weighted by Crippen LogP contribution is -2.35. The quantitative estimate of drug-likeness (QED) is 0.683. The molecular weight excluding hydrogens is 294 g/mol. The molecular formula is C17H19N3OS. The van der Waals surface area contributed by atoms with Crippen LogP contribution in [0.5, 0.6) is 5.75 Å². The number of nitrogens with zero attached hydrogens (tertiary/aromatic N) is 2. The van der Waals surface area contributed by atoms with Gasteiger partial charge in [0.05, 0.1) is 23.8 Å². The van der Waals surface area contributed by atoms with Gasteiger partial charge in [-0.3, -0.25) is 4.98 Å². The number of benzene rings is 1. The number of pyridine rings is 1. The smallest absolute Gasteiger partial charge is 0.119 e. The standard InChI is InChI=1S/C17H19N3OS/c1-21-12-6-7-14-13(10-12)15(8-9-18-14)20-17-5-3-2-4-16(17)19-11-22/h6-10,16-17H,2-5H2,1H3,(H,18,20)/t16-,17-/m0/s1. The molecule has 1 heterocycles. The van der Waals surface area contributed by atoms with E-state index in [9.17, 15) is 0 Å². The van der Waals surface area contributed by atoms with E-state index in [1.807, 2.05) is 30.5 Å². The maximum atomic E-state index is 5.33. The molecule has 0 amide bonds. The molecule has 1 N–H and O–H groups in total. The predicted octanol–water partition coefficient (Wildman–Crippen LogP) is 4.07. The molecule has 3 rings (SSSR count). The van der Waals surface area contributed by atoms with Gasteiger partial charge in [0.2, 0.25) is 0 Å². The van der Waals surface area contributed by atoms with Crippen molar-refractivity contribution in [1.29, 1.82) is 0 Å². The fourth-order valence-corrected chi connectivity index (χ4v) is 3.22. The minimum Gasteiger partial charge on any atom is -0.497 e. The average Bonchev–Trinajstić information content (AvgIpc) is 2.57. The first-order chi connectivity index (χ1) is 10.8. The largest absolute Gasteiger partial charge is 0.497 e. The minimum absolute atomic E-state index is 0.208. The summed E-state index contributed by atoms with van der Waals surface area (Å²) in [7, 11) is 1.68. The van der Waals surface area contributed by atoms with Gasteiger partial charge in [0.1, 0.15) is 5.75 Å². The van der Waals surface area contributed by atoms with Gasteiger partial charge in [0.15, 0.2) is 0 Å². The Labute approximate surface area is 135 Å². The molecule has 0 aliphatic heterocycles. The molecule has 5 heteroatoms. The summed E-state index contributed by atoms with van der Waals surface area (Å²) in [4.78, 5) is 8.75. The molecule has 1 aliphatic rings. The normalized spacial score (nSPS) is 21.1. The van der Waals surface area contributed by atoms with Crippen molar-refractivity contribution in [3.05, 3.63) is 30.5 Å². The average molecular weight is 313 g/mol. The molecule has 22 heavy (non-hydrogen) atoms. The van der Waals surface area contributed by atoms with Gasteiger partial charge in [-0.05, 0) is 49.3 Å². The Bertz CT molecular complexity index is 712. The van der Waals surface area contributed by atoms with E-state index in [0.717, 1.165) is 35.2 Å². The molecule has 1 aliphatic carbocycles. The predicted molar refractivity (Wildman–Crippen MR) is 93.0 cm³/mol. The molecule has 1 aromatic heterocycles. The molecule has 0 radical (unpaired) electrons. The summed E-state index contributed by atoms with van der Waals surface area (Å²) in [6, 6.07) is 8.44. The van der Waals surface area contributed by atoms with E-state index in [4.69, 9.17) is 17.0 Å². The number of aromatic nitrogens is 1. The van der Waals surface area contributed by atoms with E-state index in [1.165, 1.54) is 12.8 Å². The lowest BCUT2D eigenvalue weighted by atomic mass is 9.90. The summed E-state index contributed by atoms with van der Waals surface area (Å²) in [5.74, 6) is 0.834. The van der Waals surface area contributed by atoms with E-state index in [1.54, 1.807) is 7.11 Å². The van der Waals surface area contributed by atoms with Crippen molar-refractivity contribution in [2.24, 2.45) is 4.99 Å². The van der Waals surface area contributed by atoms with Gasteiger partial charge in [0.25, 0.3) is 0 Å². The second kappa shape index (κ2) is 6.86. The van der Waals surface area contributed by atoms with Gasteiger partial charge in [0, 0.05) is 23.3 Å². The number of fused-ring (bicyclic) bond motifs is 1. The van der Waals surface area contributed by atoms with Crippen molar-refractivity contribution < 1.29 is 4.74 Å². The van der Waals surface area contributed by atoms with Crippen LogP contribution in [-0.4, -0.2) is 29.3 Å². The Morgan fingerprint density at radius 3 is 3.00 bits per heavy atom. The number of isothiocyanates is 1. The van der Waals surface area contributed by atoms with E-state index in [0.29, 0.717) is 6.04 Å². The lowest BCUT2D eigenvalue weighted by molar-refractivity contribution is 0.407. The zero-order valence-corrected chi connectivity index (χ0v) is 13.4. The van der Waals surface area contributed by atoms with Crippen LogP contribution < -0.4 is 10.1 Å². The molecule has 4 nitrogen and oxygen atoms in total. The van der Waals surface area contributed by atoms with Crippen LogP contribution in [0, 0.1) is 0 Å². The van der Waals surface area contributed by atoms with E-state index >= 15 is 0 Å². The molecule has 1 saturated carbocycles. The Morgan fingerprint density at radius 1 is 1.32 bits per heavy atom. The van der Waals surface area contributed by atoms with Crippen molar-refractivity contribution in [1.82, 2.24) is 4.98 Å². The number of hydrogen-bond acceptors (Lipinski definition) is 5. The molecule has 2 aromatic rings. The Hall–Kier alpha value is -1.97. The molecule has 0 unspecified atom stereocenters. The SMILES string of the molecule is COc1ccc2nccc(N[C@H]3CCCC[C@@H]3N=C=S)c2c1. The van der Waals surface area contributed by atoms with Gasteiger partial charge in [-0.1, -0.05) is 12.8 Å². The Balaban J connectivity index is 1.93. The highest BCUT2D eigenvalue weighted by Gasteiger charge is 2.24. The molecule has 0 bridgehead atoms. The van der Waals surface area contributed by atoms with Crippen molar-refractivity contribution in [2.45, 2.75) is 37.8 Å². The number of anilines is 1. The zero-order valence-electron chi connectivity index (χ0n) is 12.6. The van der Waals surface area contributed by atoms with Gasteiger partial charge < -0.3 is 10.1 Å². The Morgan fingerprint density at radius 2 is 2.18 bits per heavy atom. The van der Waals surface area contributed by atoms with E-state index < -0.39 is 0 Å². The van der Waals surface area contributed by atoms with Crippen molar-refractivity contribution >= 4 is 34.0 Å². The highest BCUT2D eigenvalue weighted by atomic mass is 32.1. The Kier molecular flexibility index (Phi) is 4.66. The third kappa shape index (κ3) is 3.11. The van der Waals surface area contributed by atoms with E-state index in [2.05, 4.69) is 20.5 Å². The van der Waals surface area contributed by atoms with Crippen LogP contribution >= 0.6 is 12.2 Å². The maximum absolute atomic E-state index is 5.33. The van der Waals surface area contributed by atoms with Crippen LogP contribution in [0.3, 0.4) is 0 Å². The summed E-state index contributed by atoms with van der Waals surface area (Å²) in [5.41, 5.74) is 2.02. The monoisotopic (exact) mass is 313 g/mol. The number of nitrogens with one attached hydrogen (secondary N) is 1. The first-order valence-corrected chi connectivity index (χ1v) is 7.99. The van der Waals surface area contributed by atoms with Gasteiger partial charge in [-0.25, -0.2) is 4.99 Å². The summed E-state index contributed by atoms with van der Waals surface area (Å²) in [6.07, 6.45) is 6.41. The number of ether oxygens (including phenoxy) is 1. The second-order valence-corrected chi connectivity index (χ2v) is 5.75. The van der Waals surface area contributed by atoms with Gasteiger partial charge in [-0.2, -0.15) is 0 Å². The molecule has 1 fully saturated rings. The molecule has 0 saturated heterocycles. The highest BCUT2D eigenvalue weighted by Crippen LogP contribution is 2.29. The zero-order chi connectivity index (χ0) is 15.4. The van der Waals surface area contributed by atoms with Crippen molar-refractivity contribution in [2.75, 3.05) is 12.4 Å². The molecule has 114 valence electrons. The summed E-state index contributed by atoms with van der Waals surface area (Å²) < 4.78 is 5.33. The van der Waals surface area contributed by atoms with Crippen LogP contribution in [0.15, 0.2) is 35.5 Å².